The van der Waals surface area contributed by atoms with Crippen LogP contribution in [0.2, 0.25) is 0 Å². The Bertz CT molecular complexity index is 834. The molecule has 0 bridgehead atoms. The van der Waals surface area contributed by atoms with Crippen molar-refractivity contribution in [2.75, 3.05) is 7.11 Å². The summed E-state index contributed by atoms with van der Waals surface area (Å²) < 4.78 is 11.0. The predicted octanol–water partition coefficient (Wildman–Crippen LogP) is 3.37. The Kier molecular flexibility index (Phi) is 7.58. The highest BCUT2D eigenvalue weighted by Crippen LogP contribution is 2.52. The number of rotatable bonds is 8. The maximum atomic E-state index is 11.4. The molecule has 2 N–H and O–H groups in total. The number of para-hydroxylation sites is 1. The van der Waals surface area contributed by atoms with Crippen molar-refractivity contribution in [3.8, 4) is 17.6 Å². The molecular formula is C25H32O5. The molecule has 1 aliphatic heterocycles. The fourth-order valence-electron chi connectivity index (χ4n) is 4.51. The smallest absolute Gasteiger partial charge is 0.305 e. The predicted molar refractivity (Wildman–Crippen MR) is 115 cm³/mol. The van der Waals surface area contributed by atoms with Gasteiger partial charge in [-0.25, -0.2) is 0 Å². The van der Waals surface area contributed by atoms with Crippen LogP contribution in [-0.4, -0.2) is 41.6 Å². The van der Waals surface area contributed by atoms with Gasteiger partial charge >= 0.3 is 5.97 Å². The molecule has 2 aliphatic rings. The molecule has 1 heterocycles. The first-order chi connectivity index (χ1) is 14.5. The number of esters is 1. The summed E-state index contributed by atoms with van der Waals surface area (Å²) in [5.41, 5.74) is 2.20. The van der Waals surface area contributed by atoms with Crippen molar-refractivity contribution in [3.05, 3.63) is 41.5 Å². The van der Waals surface area contributed by atoms with Crippen LogP contribution in [0.25, 0.3) is 0 Å². The average Bonchev–Trinajstić information content (AvgIpc) is 3.25. The van der Waals surface area contributed by atoms with Crippen molar-refractivity contribution in [1.29, 1.82) is 0 Å². The molecule has 1 saturated carbocycles. The molecule has 3 rings (SSSR count). The largest absolute Gasteiger partial charge is 0.489 e. The third kappa shape index (κ3) is 4.88. The molecule has 6 atom stereocenters. The summed E-state index contributed by atoms with van der Waals surface area (Å²) >= 11 is 0. The Morgan fingerprint density at radius 2 is 2.23 bits per heavy atom. The summed E-state index contributed by atoms with van der Waals surface area (Å²) in [7, 11) is 1.40. The van der Waals surface area contributed by atoms with Crippen LogP contribution in [0.3, 0.4) is 0 Å². The molecule has 0 amide bonds. The van der Waals surface area contributed by atoms with Gasteiger partial charge in [0, 0.05) is 36.7 Å². The van der Waals surface area contributed by atoms with Gasteiger partial charge in [0.25, 0.3) is 0 Å². The van der Waals surface area contributed by atoms with Gasteiger partial charge in [-0.2, -0.15) is 0 Å². The number of aliphatic hydroxyl groups excluding tert-OH is 2. The van der Waals surface area contributed by atoms with E-state index in [1.165, 1.54) is 7.11 Å². The van der Waals surface area contributed by atoms with Crippen molar-refractivity contribution >= 4 is 5.97 Å². The van der Waals surface area contributed by atoms with E-state index in [0.29, 0.717) is 25.7 Å². The highest BCUT2D eigenvalue weighted by molar-refractivity contribution is 5.69. The zero-order valence-electron chi connectivity index (χ0n) is 18.0. The Morgan fingerprint density at radius 3 is 2.97 bits per heavy atom. The SMILES string of the molecule is CC#CCC(C)[C@H](O)/C=C/[C@@H]1[C@H]2c3cccc(CCCC(=O)OC)c3O[C@H]2C[C@H]1O. The van der Waals surface area contributed by atoms with Crippen molar-refractivity contribution < 1.29 is 24.5 Å². The summed E-state index contributed by atoms with van der Waals surface area (Å²) in [5.74, 6) is 6.58. The lowest BCUT2D eigenvalue weighted by atomic mass is 9.86. The van der Waals surface area contributed by atoms with E-state index in [2.05, 4.69) is 17.9 Å². The number of carbonyl (C=O) groups excluding carboxylic acids is 1. The third-order valence-corrected chi connectivity index (χ3v) is 6.26. The monoisotopic (exact) mass is 412 g/mol. The molecule has 1 aliphatic carbocycles. The maximum absolute atomic E-state index is 11.4. The molecule has 5 nitrogen and oxygen atoms in total. The van der Waals surface area contributed by atoms with Crippen LogP contribution in [0.15, 0.2) is 30.4 Å². The molecule has 0 aromatic heterocycles. The second kappa shape index (κ2) is 10.1. The lowest BCUT2D eigenvalue weighted by Gasteiger charge is -2.19. The Labute approximate surface area is 179 Å². The lowest BCUT2D eigenvalue weighted by Crippen LogP contribution is -2.19. The highest BCUT2D eigenvalue weighted by atomic mass is 16.5. The summed E-state index contributed by atoms with van der Waals surface area (Å²) in [6.07, 6.45) is 5.66. The number of hydrogen-bond donors (Lipinski definition) is 2. The minimum absolute atomic E-state index is 0.0385. The Morgan fingerprint density at radius 1 is 1.43 bits per heavy atom. The first-order valence-corrected chi connectivity index (χ1v) is 10.8. The van der Waals surface area contributed by atoms with Crippen LogP contribution in [0.5, 0.6) is 5.75 Å². The van der Waals surface area contributed by atoms with E-state index in [1.807, 2.05) is 25.1 Å². The van der Waals surface area contributed by atoms with Gasteiger partial charge in [0.05, 0.1) is 19.3 Å². The Hall–Kier alpha value is -2.29. The molecular weight excluding hydrogens is 380 g/mol. The van der Waals surface area contributed by atoms with E-state index in [9.17, 15) is 15.0 Å². The molecule has 5 heteroatoms. The molecule has 0 radical (unpaired) electrons. The molecule has 0 saturated heterocycles. The molecule has 0 spiro atoms. The molecule has 1 fully saturated rings. The van der Waals surface area contributed by atoms with Gasteiger partial charge in [0.2, 0.25) is 0 Å². The van der Waals surface area contributed by atoms with E-state index in [0.717, 1.165) is 23.3 Å². The normalized spacial score (nSPS) is 26.3. The first-order valence-electron chi connectivity index (χ1n) is 10.8. The topological polar surface area (TPSA) is 76.0 Å². The summed E-state index contributed by atoms with van der Waals surface area (Å²) in [5, 5.41) is 21.1. The van der Waals surface area contributed by atoms with E-state index < -0.39 is 12.2 Å². The number of ether oxygens (including phenoxy) is 2. The van der Waals surface area contributed by atoms with Crippen LogP contribution in [0.4, 0.5) is 0 Å². The van der Waals surface area contributed by atoms with E-state index in [1.54, 1.807) is 13.0 Å². The first kappa shape index (κ1) is 22.4. The van der Waals surface area contributed by atoms with Gasteiger partial charge < -0.3 is 19.7 Å². The number of benzene rings is 1. The average molecular weight is 413 g/mol. The van der Waals surface area contributed by atoms with Gasteiger partial charge in [-0.05, 0) is 31.2 Å². The van der Waals surface area contributed by atoms with Crippen molar-refractivity contribution in [1.82, 2.24) is 0 Å². The number of carbonyl (C=O) groups is 1. The summed E-state index contributed by atoms with van der Waals surface area (Å²) in [6, 6.07) is 6.13. The molecule has 1 aromatic rings. The highest BCUT2D eigenvalue weighted by Gasteiger charge is 2.48. The molecule has 1 aromatic carbocycles. The second-order valence-electron chi connectivity index (χ2n) is 8.31. The van der Waals surface area contributed by atoms with Crippen LogP contribution < -0.4 is 4.74 Å². The van der Waals surface area contributed by atoms with Gasteiger partial charge in [-0.3, -0.25) is 4.79 Å². The van der Waals surface area contributed by atoms with E-state index in [4.69, 9.17) is 9.47 Å². The van der Waals surface area contributed by atoms with Gasteiger partial charge in [-0.1, -0.05) is 37.3 Å². The zero-order valence-corrected chi connectivity index (χ0v) is 18.0. The summed E-state index contributed by atoms with van der Waals surface area (Å²) in [4.78, 5) is 11.4. The molecule has 1 unspecified atom stereocenters. The third-order valence-electron chi connectivity index (χ3n) is 6.26. The van der Waals surface area contributed by atoms with Crippen LogP contribution in [0.1, 0.15) is 56.6 Å². The van der Waals surface area contributed by atoms with E-state index in [-0.39, 0.29) is 29.8 Å². The molecule has 162 valence electrons. The van der Waals surface area contributed by atoms with E-state index >= 15 is 0 Å². The van der Waals surface area contributed by atoms with Crippen molar-refractivity contribution in [2.24, 2.45) is 11.8 Å². The standard InChI is InChI=1S/C25H32O5/c1-4-5-8-16(2)20(26)14-13-18-21(27)15-22-24(18)19-11-6-9-17(25(19)30-22)10-7-12-23(28)29-3/h6,9,11,13-14,16,18,20-22,24,26-27H,7-8,10,12,15H2,1-3H3/b14-13+/t16?,18-,20+,21+,22-,24-/m0/s1. The number of fused-ring (bicyclic) bond motifs is 3. The minimum Gasteiger partial charge on any atom is -0.489 e. The second-order valence-corrected chi connectivity index (χ2v) is 8.31. The van der Waals surface area contributed by atoms with Gasteiger partial charge in [-0.15, -0.1) is 11.8 Å². The Balaban J connectivity index is 1.73. The van der Waals surface area contributed by atoms with Crippen LogP contribution in [0, 0.1) is 23.7 Å². The quantitative estimate of drug-likeness (QED) is 0.389. The van der Waals surface area contributed by atoms with Crippen molar-refractivity contribution in [2.45, 2.75) is 70.2 Å². The number of aliphatic hydroxyl groups is 2. The van der Waals surface area contributed by atoms with Crippen LogP contribution >= 0.6 is 0 Å². The lowest BCUT2D eigenvalue weighted by molar-refractivity contribution is -0.140. The van der Waals surface area contributed by atoms with Crippen molar-refractivity contribution in [3.63, 3.8) is 0 Å². The summed E-state index contributed by atoms with van der Waals surface area (Å²) in [6.45, 7) is 3.77. The number of hydrogen-bond acceptors (Lipinski definition) is 5. The molecule has 30 heavy (non-hydrogen) atoms. The fraction of sp³-hybridized carbons (Fsp3) is 0.560. The zero-order chi connectivity index (χ0) is 21.7. The van der Waals surface area contributed by atoms with Gasteiger partial charge in [0.15, 0.2) is 0 Å². The maximum Gasteiger partial charge on any atom is 0.305 e. The van der Waals surface area contributed by atoms with Gasteiger partial charge in [0.1, 0.15) is 11.9 Å². The van der Waals surface area contributed by atoms with Crippen LogP contribution in [-0.2, 0) is 16.0 Å². The fourth-order valence-corrected chi connectivity index (χ4v) is 4.51. The number of methoxy groups -OCH3 is 1. The number of aryl methyl sites for hydroxylation is 1. The minimum atomic E-state index is -0.594.